The van der Waals surface area contributed by atoms with Crippen molar-refractivity contribution >= 4 is 27.3 Å². The molecule has 2 unspecified atom stereocenters. The van der Waals surface area contributed by atoms with Gasteiger partial charge in [0.15, 0.2) is 0 Å². The highest BCUT2D eigenvalue weighted by molar-refractivity contribution is 7.20. The Hall–Kier alpha value is -2.37. The van der Waals surface area contributed by atoms with Crippen molar-refractivity contribution in [1.29, 1.82) is 5.41 Å². The number of nitrogens with one attached hydrogen (secondary N) is 1. The van der Waals surface area contributed by atoms with E-state index in [2.05, 4.69) is 0 Å². The summed E-state index contributed by atoms with van der Waals surface area (Å²) >= 11 is 1.46. The van der Waals surface area contributed by atoms with Crippen molar-refractivity contribution in [2.75, 3.05) is 0 Å². The molecular formula is C18H18N2O2S. The third kappa shape index (κ3) is 3.21. The Morgan fingerprint density at radius 3 is 2.57 bits per heavy atom. The Balaban J connectivity index is 2.00. The monoisotopic (exact) mass is 326 g/mol. The highest BCUT2D eigenvalue weighted by atomic mass is 32.1. The molecule has 0 spiro atoms. The number of amidine groups is 1. The van der Waals surface area contributed by atoms with Crippen LogP contribution in [0.1, 0.15) is 23.5 Å². The van der Waals surface area contributed by atoms with Crippen LogP contribution in [0.5, 0.6) is 5.75 Å². The van der Waals surface area contributed by atoms with E-state index in [-0.39, 0.29) is 5.84 Å². The Bertz CT molecular complexity index is 827. The van der Waals surface area contributed by atoms with Crippen LogP contribution in [0, 0.1) is 5.41 Å². The molecule has 0 saturated heterocycles. The lowest BCUT2D eigenvalue weighted by Crippen LogP contribution is -2.20. The molecule has 4 N–H and O–H groups in total. The molecule has 0 amide bonds. The number of nitrogen functional groups attached to an aromatic ring is 1. The number of hydrogen-bond acceptors (Lipinski definition) is 4. The normalized spacial score (nSPS) is 13.7. The molecule has 4 nitrogen and oxygen atoms in total. The average Bonchev–Trinajstić information content (AvgIpc) is 2.98. The zero-order valence-corrected chi connectivity index (χ0v) is 13.5. The third-order valence-electron chi connectivity index (χ3n) is 3.61. The van der Waals surface area contributed by atoms with Gasteiger partial charge in [-0.2, -0.15) is 0 Å². The van der Waals surface area contributed by atoms with Crippen LogP contribution in [-0.4, -0.2) is 17.0 Å². The van der Waals surface area contributed by atoms with Crippen LogP contribution in [0.25, 0.3) is 10.1 Å². The lowest BCUT2D eigenvalue weighted by Gasteiger charge is -2.22. The van der Waals surface area contributed by atoms with Gasteiger partial charge in [0.25, 0.3) is 0 Å². The molecule has 0 saturated carbocycles. The number of aliphatic hydroxyl groups is 1. The minimum absolute atomic E-state index is 0.0484. The van der Waals surface area contributed by atoms with Crippen molar-refractivity contribution in [3.8, 4) is 5.75 Å². The van der Waals surface area contributed by atoms with Gasteiger partial charge in [0.05, 0.1) is 11.0 Å². The summed E-state index contributed by atoms with van der Waals surface area (Å²) in [7, 11) is 0. The number of ether oxygens (including phenoxy) is 1. The lowest BCUT2D eigenvalue weighted by molar-refractivity contribution is 0.0491. The fourth-order valence-corrected chi connectivity index (χ4v) is 3.43. The summed E-state index contributed by atoms with van der Waals surface area (Å²) in [4.78, 5) is 0.712. The van der Waals surface area contributed by atoms with Gasteiger partial charge in [-0.1, -0.05) is 36.4 Å². The summed E-state index contributed by atoms with van der Waals surface area (Å²) < 4.78 is 7.12. The molecule has 3 aromatic rings. The van der Waals surface area contributed by atoms with Gasteiger partial charge in [-0.05, 0) is 30.7 Å². The molecule has 118 valence electrons. The van der Waals surface area contributed by atoms with E-state index in [1.165, 1.54) is 11.3 Å². The van der Waals surface area contributed by atoms with Crippen molar-refractivity contribution < 1.29 is 9.84 Å². The van der Waals surface area contributed by atoms with Gasteiger partial charge in [0, 0.05) is 10.1 Å². The van der Waals surface area contributed by atoms with Crippen LogP contribution in [0.2, 0.25) is 0 Å². The second kappa shape index (κ2) is 6.40. The molecule has 0 aliphatic carbocycles. The van der Waals surface area contributed by atoms with Crippen LogP contribution in [-0.2, 0) is 0 Å². The lowest BCUT2D eigenvalue weighted by atomic mass is 10.1. The van der Waals surface area contributed by atoms with Crippen molar-refractivity contribution in [3.63, 3.8) is 0 Å². The molecule has 2 atom stereocenters. The maximum atomic E-state index is 10.1. The number of aliphatic hydroxyl groups excluding tert-OH is 1. The summed E-state index contributed by atoms with van der Waals surface area (Å²) in [6, 6.07) is 17.3. The maximum absolute atomic E-state index is 10.1. The summed E-state index contributed by atoms with van der Waals surface area (Å²) in [6.45, 7) is 1.71. The largest absolute Gasteiger partial charge is 0.482 e. The number of hydrogen-bond donors (Lipinski definition) is 3. The smallest absolute Gasteiger partial charge is 0.149 e. The van der Waals surface area contributed by atoms with Crippen LogP contribution in [0.3, 0.4) is 0 Å². The predicted molar refractivity (Wildman–Crippen MR) is 94.3 cm³/mol. The van der Waals surface area contributed by atoms with Crippen molar-refractivity contribution in [3.05, 3.63) is 65.0 Å². The molecule has 0 aliphatic rings. The molecule has 1 aromatic heterocycles. The van der Waals surface area contributed by atoms with E-state index >= 15 is 0 Å². The first kappa shape index (κ1) is 15.5. The molecule has 0 fully saturated rings. The second-order valence-corrected chi connectivity index (χ2v) is 6.47. The van der Waals surface area contributed by atoms with Crippen molar-refractivity contribution in [1.82, 2.24) is 0 Å². The molecule has 0 bridgehead atoms. The van der Waals surface area contributed by atoms with Crippen LogP contribution in [0.15, 0.2) is 54.6 Å². The Morgan fingerprint density at radius 1 is 1.17 bits per heavy atom. The number of nitrogens with two attached hydrogens (primary N) is 1. The quantitative estimate of drug-likeness (QED) is 0.494. The fourth-order valence-electron chi connectivity index (χ4n) is 2.49. The maximum Gasteiger partial charge on any atom is 0.149 e. The molecule has 23 heavy (non-hydrogen) atoms. The van der Waals surface area contributed by atoms with Gasteiger partial charge >= 0.3 is 0 Å². The average molecular weight is 326 g/mol. The van der Waals surface area contributed by atoms with Crippen molar-refractivity contribution in [2.24, 2.45) is 5.73 Å². The van der Waals surface area contributed by atoms with Gasteiger partial charge < -0.3 is 15.6 Å². The minimum atomic E-state index is -0.654. The first-order valence-corrected chi connectivity index (χ1v) is 8.14. The molecule has 3 rings (SSSR count). The van der Waals surface area contributed by atoms with Gasteiger partial charge in [-0.15, -0.1) is 11.3 Å². The highest BCUT2D eigenvalue weighted by Gasteiger charge is 2.20. The fraction of sp³-hybridized carbons (Fsp3) is 0.167. The summed E-state index contributed by atoms with van der Waals surface area (Å²) in [5.74, 6) is 0.730. The zero-order valence-electron chi connectivity index (χ0n) is 12.7. The van der Waals surface area contributed by atoms with E-state index in [0.29, 0.717) is 10.6 Å². The van der Waals surface area contributed by atoms with E-state index in [9.17, 15) is 5.11 Å². The first-order chi connectivity index (χ1) is 11.1. The Morgan fingerprint density at radius 2 is 1.91 bits per heavy atom. The van der Waals surface area contributed by atoms with E-state index < -0.39 is 12.2 Å². The Labute approximate surface area is 138 Å². The van der Waals surface area contributed by atoms with E-state index in [1.807, 2.05) is 54.6 Å². The third-order valence-corrected chi connectivity index (χ3v) is 4.74. The van der Waals surface area contributed by atoms with Crippen LogP contribution in [0.4, 0.5) is 0 Å². The van der Waals surface area contributed by atoms with Crippen LogP contribution < -0.4 is 10.5 Å². The van der Waals surface area contributed by atoms with Gasteiger partial charge in [0.1, 0.15) is 17.7 Å². The molecule has 0 radical (unpaired) electrons. The summed E-state index contributed by atoms with van der Waals surface area (Å²) in [6.07, 6.45) is -1.11. The van der Waals surface area contributed by atoms with Crippen molar-refractivity contribution in [2.45, 2.75) is 19.1 Å². The standard InChI is InChI=1S/C18H18N2O2S/c1-11(21)17(12-6-3-2-4-7-12)22-14-8-5-9-15-13(14)10-16(23-15)18(19)20/h2-11,17,21H,1H3,(H3,19,20). The topological polar surface area (TPSA) is 79.3 Å². The van der Waals surface area contributed by atoms with Crippen LogP contribution >= 0.6 is 11.3 Å². The van der Waals surface area contributed by atoms with Gasteiger partial charge in [-0.25, -0.2) is 0 Å². The van der Waals surface area contributed by atoms with E-state index in [4.69, 9.17) is 15.9 Å². The van der Waals surface area contributed by atoms with E-state index in [0.717, 1.165) is 15.6 Å². The first-order valence-electron chi connectivity index (χ1n) is 7.33. The molecule has 1 heterocycles. The molecule has 0 aliphatic heterocycles. The molecule has 5 heteroatoms. The number of rotatable bonds is 5. The molecule has 2 aromatic carbocycles. The van der Waals surface area contributed by atoms with Gasteiger partial charge in [0.2, 0.25) is 0 Å². The predicted octanol–water partition coefficient (Wildman–Crippen LogP) is 3.69. The number of fused-ring (bicyclic) bond motifs is 1. The number of thiophene rings is 1. The zero-order chi connectivity index (χ0) is 16.4. The van der Waals surface area contributed by atoms with Gasteiger partial charge in [-0.3, -0.25) is 5.41 Å². The SMILES string of the molecule is CC(O)C(Oc1cccc2sc(C(=N)N)cc12)c1ccccc1. The van der Waals surface area contributed by atoms with E-state index in [1.54, 1.807) is 6.92 Å². The summed E-state index contributed by atoms with van der Waals surface area (Å²) in [5.41, 5.74) is 6.50. The summed E-state index contributed by atoms with van der Waals surface area (Å²) in [5, 5.41) is 18.6. The second-order valence-electron chi connectivity index (χ2n) is 5.38. The minimum Gasteiger partial charge on any atom is -0.482 e. The number of benzene rings is 2. The highest BCUT2D eigenvalue weighted by Crippen LogP contribution is 2.35. The Kier molecular flexibility index (Phi) is 4.32. The molecular weight excluding hydrogens is 308 g/mol.